The Bertz CT molecular complexity index is 1070. The summed E-state index contributed by atoms with van der Waals surface area (Å²) in [4.78, 5) is 22.4. The second-order valence-electron chi connectivity index (χ2n) is 6.28. The van der Waals surface area contributed by atoms with Crippen LogP contribution in [0.1, 0.15) is 15.9 Å². The number of esters is 1. The molecule has 0 aromatic heterocycles. The van der Waals surface area contributed by atoms with E-state index in [1.54, 1.807) is 0 Å². The predicted octanol–water partition coefficient (Wildman–Crippen LogP) is 3.28. The Kier molecular flexibility index (Phi) is 6.94. The highest BCUT2D eigenvalue weighted by molar-refractivity contribution is 7.89. The Labute approximate surface area is 182 Å². The van der Waals surface area contributed by atoms with Crippen molar-refractivity contribution in [3.05, 3.63) is 67.7 Å². The normalized spacial score (nSPS) is 15.0. The number of hydrogen-bond donors (Lipinski definition) is 0. The maximum Gasteiger partial charge on any atom is 0.340 e. The lowest BCUT2D eigenvalue weighted by Gasteiger charge is -2.26. The van der Waals surface area contributed by atoms with Crippen LogP contribution in [-0.4, -0.2) is 49.9 Å². The smallest absolute Gasteiger partial charge is 0.340 e. The first-order chi connectivity index (χ1) is 14.2. The predicted molar refractivity (Wildman–Crippen MR) is 108 cm³/mol. The summed E-state index contributed by atoms with van der Waals surface area (Å²) in [6, 6.07) is 7.73. The number of non-ortho nitro benzene ring substituents is 1. The van der Waals surface area contributed by atoms with Crippen molar-refractivity contribution in [2.45, 2.75) is 11.5 Å². The number of morpholine rings is 1. The zero-order valence-electron chi connectivity index (χ0n) is 15.4. The monoisotopic (exact) mass is 474 g/mol. The first-order valence-electron chi connectivity index (χ1n) is 8.67. The Balaban J connectivity index is 1.80. The summed E-state index contributed by atoms with van der Waals surface area (Å²) in [5.74, 6) is -0.853. The Morgan fingerprint density at radius 2 is 1.77 bits per heavy atom. The van der Waals surface area contributed by atoms with Crippen LogP contribution in [-0.2, 0) is 26.1 Å². The van der Waals surface area contributed by atoms with Crippen LogP contribution in [0, 0.1) is 10.1 Å². The van der Waals surface area contributed by atoms with Gasteiger partial charge in [0.25, 0.3) is 5.69 Å². The maximum absolute atomic E-state index is 12.9. The second kappa shape index (κ2) is 9.27. The van der Waals surface area contributed by atoms with Gasteiger partial charge in [0.2, 0.25) is 10.0 Å². The molecule has 1 fully saturated rings. The lowest BCUT2D eigenvalue weighted by Crippen LogP contribution is -2.40. The number of halogens is 2. The molecule has 0 N–H and O–H groups in total. The molecule has 0 unspecified atom stereocenters. The number of carbonyl (C=O) groups excluding carboxylic acids is 1. The molecule has 3 rings (SSSR count). The van der Waals surface area contributed by atoms with Gasteiger partial charge in [-0.2, -0.15) is 4.31 Å². The van der Waals surface area contributed by atoms with Gasteiger partial charge in [0.15, 0.2) is 0 Å². The SMILES string of the molecule is O=C(OCc1ccc([N+](=O)[O-])cc1)c1cc(S(=O)(=O)N2CCOCC2)c(Cl)cc1Cl. The van der Waals surface area contributed by atoms with Crippen molar-refractivity contribution < 1.29 is 27.6 Å². The molecule has 9 nitrogen and oxygen atoms in total. The number of nitro groups is 1. The summed E-state index contributed by atoms with van der Waals surface area (Å²) in [5, 5.41) is 10.5. The van der Waals surface area contributed by atoms with E-state index in [9.17, 15) is 23.3 Å². The molecule has 1 heterocycles. The van der Waals surface area contributed by atoms with Gasteiger partial charge in [-0.15, -0.1) is 0 Å². The minimum absolute atomic E-state index is 0.0605. The summed E-state index contributed by atoms with van der Waals surface area (Å²) in [6.07, 6.45) is 0. The van der Waals surface area contributed by atoms with E-state index in [1.165, 1.54) is 34.6 Å². The lowest BCUT2D eigenvalue weighted by atomic mass is 10.2. The molecule has 0 spiro atoms. The number of benzene rings is 2. The van der Waals surface area contributed by atoms with Gasteiger partial charge in [0, 0.05) is 25.2 Å². The molecular formula is C18H16Cl2N2O7S. The summed E-state index contributed by atoms with van der Waals surface area (Å²) < 4.78 is 37.4. The third kappa shape index (κ3) is 4.90. The minimum atomic E-state index is -3.95. The molecule has 12 heteroatoms. The average Bonchev–Trinajstić information content (AvgIpc) is 2.72. The molecule has 0 aliphatic carbocycles. The van der Waals surface area contributed by atoms with Gasteiger partial charge in [0.1, 0.15) is 11.5 Å². The standard InChI is InChI=1S/C18H16Cl2N2O7S/c19-15-10-16(20)17(30(26,27)21-5-7-28-8-6-21)9-14(15)18(23)29-11-12-1-3-13(4-2-12)22(24)25/h1-4,9-10H,5-8,11H2. The molecule has 0 amide bonds. The third-order valence-electron chi connectivity index (χ3n) is 4.35. The van der Waals surface area contributed by atoms with E-state index >= 15 is 0 Å². The third-order valence-corrected chi connectivity index (χ3v) is 7.02. The number of nitro benzene ring substituents is 1. The summed E-state index contributed by atoms with van der Waals surface area (Å²) in [7, 11) is -3.95. The van der Waals surface area contributed by atoms with E-state index in [2.05, 4.69) is 0 Å². The van der Waals surface area contributed by atoms with E-state index in [1.807, 2.05) is 0 Å². The number of rotatable bonds is 6. The van der Waals surface area contributed by atoms with Gasteiger partial charge in [-0.1, -0.05) is 23.2 Å². The van der Waals surface area contributed by atoms with Crippen molar-refractivity contribution in [1.82, 2.24) is 4.31 Å². The average molecular weight is 475 g/mol. The molecule has 1 aliphatic heterocycles. The van der Waals surface area contributed by atoms with Gasteiger partial charge in [-0.25, -0.2) is 13.2 Å². The van der Waals surface area contributed by atoms with Crippen molar-refractivity contribution >= 4 is 44.9 Å². The van der Waals surface area contributed by atoms with E-state index in [-0.39, 0.29) is 59.1 Å². The first kappa shape index (κ1) is 22.4. The molecular weight excluding hydrogens is 459 g/mol. The van der Waals surface area contributed by atoms with Gasteiger partial charge >= 0.3 is 5.97 Å². The van der Waals surface area contributed by atoms with Crippen LogP contribution in [0.4, 0.5) is 5.69 Å². The summed E-state index contributed by atoms with van der Waals surface area (Å²) >= 11 is 12.2. The molecule has 1 aliphatic rings. The number of ether oxygens (including phenoxy) is 2. The van der Waals surface area contributed by atoms with Crippen molar-refractivity contribution in [1.29, 1.82) is 0 Å². The lowest BCUT2D eigenvalue weighted by molar-refractivity contribution is -0.384. The highest BCUT2D eigenvalue weighted by atomic mass is 35.5. The minimum Gasteiger partial charge on any atom is -0.457 e. The van der Waals surface area contributed by atoms with Crippen molar-refractivity contribution in [3.8, 4) is 0 Å². The van der Waals surface area contributed by atoms with E-state index in [0.29, 0.717) is 5.56 Å². The van der Waals surface area contributed by atoms with E-state index in [0.717, 1.165) is 6.07 Å². The molecule has 1 saturated heterocycles. The van der Waals surface area contributed by atoms with Crippen LogP contribution in [0.2, 0.25) is 10.0 Å². The zero-order valence-corrected chi connectivity index (χ0v) is 17.7. The first-order valence-corrected chi connectivity index (χ1v) is 10.9. The van der Waals surface area contributed by atoms with Gasteiger partial charge in [0.05, 0.1) is 33.7 Å². The Morgan fingerprint density at radius 3 is 2.37 bits per heavy atom. The summed E-state index contributed by atoms with van der Waals surface area (Å²) in [5.41, 5.74) is 0.263. The number of hydrogen-bond acceptors (Lipinski definition) is 7. The van der Waals surface area contributed by atoms with Crippen LogP contribution >= 0.6 is 23.2 Å². The van der Waals surface area contributed by atoms with Crippen LogP contribution in [0.15, 0.2) is 41.3 Å². The highest BCUT2D eigenvalue weighted by Crippen LogP contribution is 2.31. The van der Waals surface area contributed by atoms with Crippen LogP contribution in [0.5, 0.6) is 0 Å². The van der Waals surface area contributed by atoms with Crippen LogP contribution in [0.25, 0.3) is 0 Å². The van der Waals surface area contributed by atoms with E-state index < -0.39 is 20.9 Å². The topological polar surface area (TPSA) is 116 Å². The maximum atomic E-state index is 12.9. The van der Waals surface area contributed by atoms with Crippen LogP contribution < -0.4 is 0 Å². The molecule has 0 atom stereocenters. The molecule has 2 aromatic carbocycles. The molecule has 2 aromatic rings. The fourth-order valence-corrected chi connectivity index (χ4v) is 4.98. The summed E-state index contributed by atoms with van der Waals surface area (Å²) in [6.45, 7) is 0.674. The van der Waals surface area contributed by atoms with Gasteiger partial charge in [-0.05, 0) is 29.8 Å². The second-order valence-corrected chi connectivity index (χ2v) is 9.00. The van der Waals surface area contributed by atoms with Gasteiger partial charge < -0.3 is 9.47 Å². The van der Waals surface area contributed by atoms with Crippen molar-refractivity contribution in [3.63, 3.8) is 0 Å². The molecule has 0 saturated carbocycles. The number of nitrogens with zero attached hydrogens (tertiary/aromatic N) is 2. The molecule has 0 bridgehead atoms. The van der Waals surface area contributed by atoms with Crippen molar-refractivity contribution in [2.75, 3.05) is 26.3 Å². The largest absolute Gasteiger partial charge is 0.457 e. The Morgan fingerprint density at radius 1 is 1.13 bits per heavy atom. The van der Waals surface area contributed by atoms with Crippen molar-refractivity contribution in [2.24, 2.45) is 0 Å². The quantitative estimate of drug-likeness (QED) is 0.358. The fraction of sp³-hybridized carbons (Fsp3) is 0.278. The molecule has 0 radical (unpaired) electrons. The number of sulfonamides is 1. The van der Waals surface area contributed by atoms with Gasteiger partial charge in [-0.3, -0.25) is 10.1 Å². The highest BCUT2D eigenvalue weighted by Gasteiger charge is 2.30. The molecule has 30 heavy (non-hydrogen) atoms. The van der Waals surface area contributed by atoms with Crippen LogP contribution in [0.3, 0.4) is 0 Å². The number of carbonyl (C=O) groups is 1. The zero-order chi connectivity index (χ0) is 21.9. The fourth-order valence-electron chi connectivity index (χ4n) is 2.75. The van der Waals surface area contributed by atoms with E-state index in [4.69, 9.17) is 32.7 Å². The molecule has 160 valence electrons. The Hall–Kier alpha value is -2.24.